The first kappa shape index (κ1) is 18.8. The highest BCUT2D eigenvalue weighted by atomic mass is 35.5. The van der Waals surface area contributed by atoms with E-state index in [-0.39, 0.29) is 36.4 Å². The van der Waals surface area contributed by atoms with Crippen molar-refractivity contribution in [3.63, 3.8) is 0 Å². The highest BCUT2D eigenvalue weighted by Gasteiger charge is 2.28. The molecule has 4 nitrogen and oxygen atoms in total. The van der Waals surface area contributed by atoms with Crippen molar-refractivity contribution in [3.05, 3.63) is 29.8 Å². The van der Waals surface area contributed by atoms with Crippen LogP contribution in [0.15, 0.2) is 24.3 Å². The molecule has 2 rings (SSSR count). The van der Waals surface area contributed by atoms with Crippen LogP contribution in [0.25, 0.3) is 0 Å². The third-order valence-corrected chi connectivity index (χ3v) is 3.82. The van der Waals surface area contributed by atoms with E-state index in [0.717, 1.165) is 11.3 Å². The fraction of sp³-hybridized carbons (Fsp3) is 0.588. The number of hydrogen-bond acceptors (Lipinski definition) is 3. The number of hydrogen-bond donors (Lipinski definition) is 2. The highest BCUT2D eigenvalue weighted by molar-refractivity contribution is 5.85. The van der Waals surface area contributed by atoms with E-state index in [1.165, 1.54) is 12.8 Å². The summed E-state index contributed by atoms with van der Waals surface area (Å²) in [4.78, 5) is 11.8. The third kappa shape index (κ3) is 5.50. The Balaban J connectivity index is 0.00000242. The first-order chi connectivity index (χ1) is 9.88. The van der Waals surface area contributed by atoms with Gasteiger partial charge in [0, 0.05) is 12.6 Å². The van der Waals surface area contributed by atoms with Crippen molar-refractivity contribution in [3.8, 4) is 5.75 Å². The molecule has 1 fully saturated rings. The Kier molecular flexibility index (Phi) is 6.69. The predicted octanol–water partition coefficient (Wildman–Crippen LogP) is 2.64. The van der Waals surface area contributed by atoms with E-state index in [9.17, 15) is 4.79 Å². The second-order valence-electron chi connectivity index (χ2n) is 6.84. The molecule has 1 aromatic rings. The van der Waals surface area contributed by atoms with Crippen molar-refractivity contribution in [2.45, 2.75) is 45.1 Å². The number of nitrogens with one attached hydrogen (secondary N) is 1. The van der Waals surface area contributed by atoms with E-state index in [0.29, 0.717) is 12.5 Å². The van der Waals surface area contributed by atoms with Crippen LogP contribution >= 0.6 is 12.4 Å². The van der Waals surface area contributed by atoms with Gasteiger partial charge in [0.25, 0.3) is 5.91 Å². The summed E-state index contributed by atoms with van der Waals surface area (Å²) in [5, 5.41) is 2.84. The number of carbonyl (C=O) groups excluding carboxylic acids is 1. The molecule has 0 radical (unpaired) electrons. The Hall–Kier alpha value is -1.26. The normalized spacial score (nSPS) is 15.6. The zero-order valence-corrected chi connectivity index (χ0v) is 14.4. The lowest BCUT2D eigenvalue weighted by atomic mass is 9.86. The largest absolute Gasteiger partial charge is 0.483 e. The quantitative estimate of drug-likeness (QED) is 0.844. The molecule has 1 aromatic carbocycles. The second kappa shape index (κ2) is 7.84. The van der Waals surface area contributed by atoms with Crippen molar-refractivity contribution < 1.29 is 9.53 Å². The first-order valence-corrected chi connectivity index (χ1v) is 7.62. The molecule has 0 heterocycles. The number of rotatable bonds is 6. The number of benzene rings is 1. The van der Waals surface area contributed by atoms with E-state index in [1.54, 1.807) is 0 Å². The van der Waals surface area contributed by atoms with Crippen LogP contribution in [0.1, 0.15) is 39.2 Å². The van der Waals surface area contributed by atoms with Crippen molar-refractivity contribution in [1.82, 2.24) is 5.32 Å². The average molecular weight is 327 g/mol. The summed E-state index contributed by atoms with van der Waals surface area (Å²) in [5.41, 5.74) is 7.05. The Morgan fingerprint density at radius 3 is 2.59 bits per heavy atom. The number of nitrogens with two attached hydrogens (primary N) is 1. The van der Waals surface area contributed by atoms with Gasteiger partial charge in [0.2, 0.25) is 0 Å². The van der Waals surface area contributed by atoms with E-state index in [1.807, 2.05) is 24.3 Å². The molecule has 0 bridgehead atoms. The number of halogens is 1. The molecular weight excluding hydrogens is 300 g/mol. The van der Waals surface area contributed by atoms with E-state index in [2.05, 4.69) is 26.1 Å². The zero-order chi connectivity index (χ0) is 15.5. The second-order valence-corrected chi connectivity index (χ2v) is 6.84. The van der Waals surface area contributed by atoms with Crippen LogP contribution < -0.4 is 15.8 Å². The summed E-state index contributed by atoms with van der Waals surface area (Å²) >= 11 is 0. The SMILES string of the molecule is CC(C)(C)c1ccccc1OCC(=O)NCC(N)C1CC1.Cl. The Labute approximate surface area is 139 Å². The molecule has 0 aliphatic heterocycles. The van der Waals surface area contributed by atoms with Gasteiger partial charge in [0.05, 0.1) is 0 Å². The number of carbonyl (C=O) groups is 1. The van der Waals surface area contributed by atoms with Crippen LogP contribution in [0.2, 0.25) is 0 Å². The van der Waals surface area contributed by atoms with Gasteiger partial charge in [0.1, 0.15) is 5.75 Å². The van der Waals surface area contributed by atoms with E-state index >= 15 is 0 Å². The number of ether oxygens (including phenoxy) is 1. The van der Waals surface area contributed by atoms with Gasteiger partial charge in [0.15, 0.2) is 6.61 Å². The van der Waals surface area contributed by atoms with Crippen molar-refractivity contribution in [1.29, 1.82) is 0 Å². The summed E-state index contributed by atoms with van der Waals surface area (Å²) in [7, 11) is 0. The average Bonchev–Trinajstić information content (AvgIpc) is 3.26. The lowest BCUT2D eigenvalue weighted by Gasteiger charge is -2.22. The molecule has 3 N–H and O–H groups in total. The monoisotopic (exact) mass is 326 g/mol. The fourth-order valence-electron chi connectivity index (χ4n) is 2.33. The van der Waals surface area contributed by atoms with Gasteiger partial charge in [-0.2, -0.15) is 0 Å². The van der Waals surface area contributed by atoms with Crippen molar-refractivity contribution in [2.75, 3.05) is 13.2 Å². The molecule has 1 atom stereocenters. The van der Waals surface area contributed by atoms with Crippen LogP contribution in [0.4, 0.5) is 0 Å². The van der Waals surface area contributed by atoms with E-state index < -0.39 is 0 Å². The standard InChI is InChI=1S/C17H26N2O2.ClH/c1-17(2,3)13-6-4-5-7-15(13)21-11-16(20)19-10-14(18)12-8-9-12;/h4-7,12,14H,8-11,18H2,1-3H3,(H,19,20);1H. The Morgan fingerprint density at radius 1 is 1.36 bits per heavy atom. The lowest BCUT2D eigenvalue weighted by molar-refractivity contribution is -0.123. The maximum absolute atomic E-state index is 11.8. The molecule has 1 unspecified atom stereocenters. The minimum Gasteiger partial charge on any atom is -0.483 e. The summed E-state index contributed by atoms with van der Waals surface area (Å²) in [5.74, 6) is 1.24. The third-order valence-electron chi connectivity index (χ3n) is 3.82. The predicted molar refractivity (Wildman–Crippen MR) is 91.6 cm³/mol. The molecule has 0 aromatic heterocycles. The van der Waals surface area contributed by atoms with Gasteiger partial charge in [-0.3, -0.25) is 4.79 Å². The molecule has 1 aliphatic carbocycles. The van der Waals surface area contributed by atoms with Crippen LogP contribution in [-0.2, 0) is 10.2 Å². The molecule has 0 saturated heterocycles. The summed E-state index contributed by atoms with van der Waals surface area (Å²) in [6, 6.07) is 7.93. The molecular formula is C17H27ClN2O2. The fourth-order valence-corrected chi connectivity index (χ4v) is 2.33. The molecule has 1 aliphatic rings. The van der Waals surface area contributed by atoms with Gasteiger partial charge in [-0.25, -0.2) is 0 Å². The van der Waals surface area contributed by atoms with Crippen molar-refractivity contribution >= 4 is 18.3 Å². The van der Waals surface area contributed by atoms with Gasteiger partial charge in [-0.1, -0.05) is 39.0 Å². The van der Waals surface area contributed by atoms with Gasteiger partial charge in [-0.05, 0) is 35.8 Å². The van der Waals surface area contributed by atoms with Crippen LogP contribution in [-0.4, -0.2) is 25.1 Å². The van der Waals surface area contributed by atoms with Gasteiger partial charge < -0.3 is 15.8 Å². The maximum atomic E-state index is 11.8. The van der Waals surface area contributed by atoms with Gasteiger partial charge >= 0.3 is 0 Å². The van der Waals surface area contributed by atoms with Crippen LogP contribution in [0, 0.1) is 5.92 Å². The Bertz CT molecular complexity index is 496. The summed E-state index contributed by atoms with van der Waals surface area (Å²) < 4.78 is 5.68. The molecule has 22 heavy (non-hydrogen) atoms. The first-order valence-electron chi connectivity index (χ1n) is 7.62. The molecule has 124 valence electrons. The molecule has 1 amide bonds. The summed E-state index contributed by atoms with van der Waals surface area (Å²) in [6.07, 6.45) is 2.37. The number of amides is 1. The smallest absolute Gasteiger partial charge is 0.257 e. The maximum Gasteiger partial charge on any atom is 0.257 e. The van der Waals surface area contributed by atoms with Crippen molar-refractivity contribution in [2.24, 2.45) is 11.7 Å². The molecule has 0 spiro atoms. The Morgan fingerprint density at radius 2 is 2.00 bits per heavy atom. The van der Waals surface area contributed by atoms with Gasteiger partial charge in [-0.15, -0.1) is 12.4 Å². The minimum atomic E-state index is -0.116. The molecule has 5 heteroatoms. The summed E-state index contributed by atoms with van der Waals surface area (Å²) in [6.45, 7) is 6.95. The lowest BCUT2D eigenvalue weighted by Crippen LogP contribution is -2.40. The number of para-hydroxylation sites is 1. The minimum absolute atomic E-state index is 0. The zero-order valence-electron chi connectivity index (χ0n) is 13.6. The topological polar surface area (TPSA) is 64.3 Å². The van der Waals surface area contributed by atoms with Crippen LogP contribution in [0.5, 0.6) is 5.75 Å². The molecule has 1 saturated carbocycles. The van der Waals surface area contributed by atoms with Crippen LogP contribution in [0.3, 0.4) is 0 Å². The van der Waals surface area contributed by atoms with E-state index in [4.69, 9.17) is 10.5 Å². The highest BCUT2D eigenvalue weighted by Crippen LogP contribution is 2.31.